The zero-order chi connectivity index (χ0) is 10.8. The summed E-state index contributed by atoms with van der Waals surface area (Å²) in [5.74, 6) is 0. The second kappa shape index (κ2) is 3.87. The van der Waals surface area contributed by atoms with Crippen LogP contribution >= 0.6 is 0 Å². The summed E-state index contributed by atoms with van der Waals surface area (Å²) in [5.41, 5.74) is 8.41. The fourth-order valence-corrected chi connectivity index (χ4v) is 1.71. The summed E-state index contributed by atoms with van der Waals surface area (Å²) in [6.45, 7) is 2.53. The van der Waals surface area contributed by atoms with E-state index in [0.29, 0.717) is 13.0 Å². The Morgan fingerprint density at radius 3 is 2.87 bits per heavy atom. The second-order valence-electron chi connectivity index (χ2n) is 3.75. The highest BCUT2D eigenvalue weighted by Gasteiger charge is 2.01. The first-order valence-corrected chi connectivity index (χ1v) is 5.03. The van der Waals surface area contributed by atoms with E-state index in [0.717, 1.165) is 22.2 Å². The van der Waals surface area contributed by atoms with Gasteiger partial charge in [0.1, 0.15) is 0 Å². The van der Waals surface area contributed by atoms with E-state index in [1.807, 2.05) is 25.1 Å². The molecule has 78 valence electrons. The molecule has 0 unspecified atom stereocenters. The number of nitrogens with two attached hydrogens (primary N) is 1. The number of pyridine rings is 1. The van der Waals surface area contributed by atoms with Crippen molar-refractivity contribution < 1.29 is 0 Å². The van der Waals surface area contributed by atoms with Crippen molar-refractivity contribution in [3.8, 4) is 0 Å². The first kappa shape index (κ1) is 9.93. The molecule has 15 heavy (non-hydrogen) atoms. The molecule has 0 fully saturated rings. The highest BCUT2D eigenvalue weighted by molar-refractivity contribution is 5.79. The summed E-state index contributed by atoms with van der Waals surface area (Å²) < 4.78 is 0. The molecule has 0 spiro atoms. The molecule has 2 rings (SSSR count). The number of fused-ring (bicyclic) bond motifs is 1. The first-order chi connectivity index (χ1) is 7.20. The van der Waals surface area contributed by atoms with Crippen LogP contribution in [0.25, 0.3) is 10.9 Å². The highest BCUT2D eigenvalue weighted by Crippen LogP contribution is 2.10. The van der Waals surface area contributed by atoms with Crippen molar-refractivity contribution in [1.82, 2.24) is 4.98 Å². The molecule has 0 saturated heterocycles. The number of aromatic nitrogens is 1. The average molecular weight is 202 g/mol. The molecule has 0 bridgehead atoms. The predicted molar refractivity (Wildman–Crippen MR) is 62.1 cm³/mol. The molecule has 0 aliphatic heterocycles. The fourth-order valence-electron chi connectivity index (χ4n) is 1.71. The summed E-state index contributed by atoms with van der Waals surface area (Å²) >= 11 is 0. The Hall–Kier alpha value is -1.61. The van der Waals surface area contributed by atoms with E-state index in [1.165, 1.54) is 0 Å². The topological polar surface area (TPSA) is 58.9 Å². The number of aromatic amines is 1. The Labute approximate surface area is 87.9 Å². The van der Waals surface area contributed by atoms with Crippen LogP contribution < -0.4 is 11.2 Å². The lowest BCUT2D eigenvalue weighted by molar-refractivity contribution is 0.930. The quantitative estimate of drug-likeness (QED) is 0.772. The molecule has 0 amide bonds. The average Bonchev–Trinajstić information content (AvgIpc) is 2.20. The van der Waals surface area contributed by atoms with Gasteiger partial charge in [0.05, 0.1) is 0 Å². The molecule has 0 aliphatic carbocycles. The third kappa shape index (κ3) is 1.92. The van der Waals surface area contributed by atoms with Crippen LogP contribution in [0.4, 0.5) is 0 Å². The fraction of sp³-hybridized carbons (Fsp3) is 0.250. The molecule has 0 atom stereocenters. The van der Waals surface area contributed by atoms with Crippen LogP contribution in [-0.2, 0) is 6.42 Å². The molecule has 0 aliphatic rings. The van der Waals surface area contributed by atoms with Gasteiger partial charge in [-0.1, -0.05) is 11.6 Å². The molecule has 0 radical (unpaired) electrons. The lowest BCUT2D eigenvalue weighted by atomic mass is 10.1. The molecular formula is C12H14N2O. The van der Waals surface area contributed by atoms with Crippen molar-refractivity contribution in [3.63, 3.8) is 0 Å². The van der Waals surface area contributed by atoms with Crippen LogP contribution in [0.1, 0.15) is 11.3 Å². The number of H-pyrrole nitrogens is 1. The van der Waals surface area contributed by atoms with E-state index in [4.69, 9.17) is 5.73 Å². The summed E-state index contributed by atoms with van der Waals surface area (Å²) in [7, 11) is 0. The van der Waals surface area contributed by atoms with E-state index in [2.05, 4.69) is 4.98 Å². The second-order valence-corrected chi connectivity index (χ2v) is 3.75. The van der Waals surface area contributed by atoms with E-state index in [1.54, 1.807) is 6.07 Å². The maximum atomic E-state index is 11.8. The van der Waals surface area contributed by atoms with Gasteiger partial charge in [-0.2, -0.15) is 0 Å². The van der Waals surface area contributed by atoms with Gasteiger partial charge in [0.15, 0.2) is 5.43 Å². The molecule has 0 saturated carbocycles. The van der Waals surface area contributed by atoms with Crippen molar-refractivity contribution in [2.45, 2.75) is 13.3 Å². The first-order valence-electron chi connectivity index (χ1n) is 5.03. The van der Waals surface area contributed by atoms with Crippen molar-refractivity contribution >= 4 is 10.9 Å². The van der Waals surface area contributed by atoms with E-state index in [-0.39, 0.29) is 5.43 Å². The van der Waals surface area contributed by atoms with Crippen molar-refractivity contribution in [1.29, 1.82) is 0 Å². The van der Waals surface area contributed by atoms with Crippen LogP contribution in [-0.4, -0.2) is 11.5 Å². The molecular weight excluding hydrogens is 188 g/mol. The Balaban J connectivity index is 2.67. The maximum Gasteiger partial charge on any atom is 0.189 e. The number of rotatable bonds is 2. The molecule has 3 nitrogen and oxygen atoms in total. The van der Waals surface area contributed by atoms with Gasteiger partial charge in [0.25, 0.3) is 0 Å². The number of nitrogens with one attached hydrogen (secondary N) is 1. The van der Waals surface area contributed by atoms with E-state index < -0.39 is 0 Å². The third-order valence-electron chi connectivity index (χ3n) is 2.45. The molecule has 1 aromatic heterocycles. The number of hydrogen-bond donors (Lipinski definition) is 2. The van der Waals surface area contributed by atoms with Gasteiger partial charge in [0, 0.05) is 22.7 Å². The molecule has 1 aromatic carbocycles. The van der Waals surface area contributed by atoms with Crippen LogP contribution in [0.2, 0.25) is 0 Å². The van der Waals surface area contributed by atoms with Crippen LogP contribution in [0.5, 0.6) is 0 Å². The van der Waals surface area contributed by atoms with E-state index >= 15 is 0 Å². The summed E-state index contributed by atoms with van der Waals surface area (Å²) in [4.78, 5) is 15.0. The smallest absolute Gasteiger partial charge is 0.189 e. The number of aryl methyl sites for hydroxylation is 1. The minimum atomic E-state index is 0.0656. The third-order valence-corrected chi connectivity index (χ3v) is 2.45. The van der Waals surface area contributed by atoms with Crippen LogP contribution in [0, 0.1) is 6.92 Å². The molecule has 3 heteroatoms. The maximum absolute atomic E-state index is 11.8. The Morgan fingerprint density at radius 2 is 2.13 bits per heavy atom. The highest BCUT2D eigenvalue weighted by atomic mass is 16.1. The minimum Gasteiger partial charge on any atom is -0.358 e. The van der Waals surface area contributed by atoms with Crippen LogP contribution in [0.3, 0.4) is 0 Å². The van der Waals surface area contributed by atoms with Gasteiger partial charge in [0.2, 0.25) is 0 Å². The SMILES string of the molecule is Cc1ccc2[nH]c(CCN)cc(=O)c2c1. The van der Waals surface area contributed by atoms with Gasteiger partial charge in [-0.05, 0) is 32.0 Å². The lowest BCUT2D eigenvalue weighted by Gasteiger charge is -2.03. The van der Waals surface area contributed by atoms with Gasteiger partial charge in [-0.15, -0.1) is 0 Å². The number of benzene rings is 1. The molecule has 3 N–H and O–H groups in total. The van der Waals surface area contributed by atoms with Gasteiger partial charge in [-0.25, -0.2) is 0 Å². The zero-order valence-corrected chi connectivity index (χ0v) is 8.71. The van der Waals surface area contributed by atoms with Crippen molar-refractivity contribution in [3.05, 3.63) is 45.7 Å². The molecule has 1 heterocycles. The molecule has 2 aromatic rings. The summed E-state index contributed by atoms with van der Waals surface area (Å²) in [6, 6.07) is 7.46. The zero-order valence-electron chi connectivity index (χ0n) is 8.71. The monoisotopic (exact) mass is 202 g/mol. The summed E-state index contributed by atoms with van der Waals surface area (Å²) in [5, 5.41) is 0.746. The minimum absolute atomic E-state index is 0.0656. The Bertz CT molecular complexity index is 543. The van der Waals surface area contributed by atoms with Gasteiger partial charge in [-0.3, -0.25) is 4.79 Å². The largest absolute Gasteiger partial charge is 0.358 e. The number of hydrogen-bond acceptors (Lipinski definition) is 2. The normalized spacial score (nSPS) is 10.8. The van der Waals surface area contributed by atoms with Crippen molar-refractivity contribution in [2.75, 3.05) is 6.54 Å². The summed E-state index contributed by atoms with van der Waals surface area (Å²) in [6.07, 6.45) is 0.707. The van der Waals surface area contributed by atoms with Crippen LogP contribution in [0.15, 0.2) is 29.1 Å². The lowest BCUT2D eigenvalue weighted by Crippen LogP contribution is -2.09. The predicted octanol–water partition coefficient (Wildman–Crippen LogP) is 1.34. The standard InChI is InChI=1S/C12H14N2O/c1-8-2-3-11-10(6-8)12(15)7-9(14-11)4-5-13/h2-3,6-7H,4-5,13H2,1H3,(H,14,15). The van der Waals surface area contributed by atoms with Gasteiger partial charge < -0.3 is 10.7 Å². The van der Waals surface area contributed by atoms with Crippen molar-refractivity contribution in [2.24, 2.45) is 5.73 Å². The Kier molecular flexibility index (Phi) is 2.56. The Morgan fingerprint density at radius 1 is 1.33 bits per heavy atom. The van der Waals surface area contributed by atoms with E-state index in [9.17, 15) is 4.79 Å². The van der Waals surface area contributed by atoms with Gasteiger partial charge >= 0.3 is 0 Å².